The molecule has 2 fully saturated rings. The molecule has 0 bridgehead atoms. The minimum atomic E-state index is -4.61. The van der Waals surface area contributed by atoms with Gasteiger partial charge in [0.15, 0.2) is 0 Å². The van der Waals surface area contributed by atoms with E-state index in [4.69, 9.17) is 4.74 Å². The summed E-state index contributed by atoms with van der Waals surface area (Å²) in [6.07, 6.45) is -5.44. The molecule has 2 aromatic rings. The lowest BCUT2D eigenvalue weighted by Gasteiger charge is -2.31. The van der Waals surface area contributed by atoms with Crippen LogP contribution in [0.25, 0.3) is 0 Å². The zero-order valence-electron chi connectivity index (χ0n) is 18.5. The van der Waals surface area contributed by atoms with Crippen molar-refractivity contribution in [1.29, 1.82) is 0 Å². The number of rotatable bonds is 6. The van der Waals surface area contributed by atoms with Crippen LogP contribution in [-0.2, 0) is 22.4 Å². The Morgan fingerprint density at radius 3 is 2.44 bits per heavy atom. The Balaban J connectivity index is 1.61. The first-order chi connectivity index (χ1) is 16.1. The number of hydrogen-bond acceptors (Lipinski definition) is 3. The van der Waals surface area contributed by atoms with Crippen molar-refractivity contribution in [2.45, 2.75) is 69.3 Å². The molecule has 0 radical (unpaired) electrons. The van der Waals surface area contributed by atoms with Crippen LogP contribution < -0.4 is 5.32 Å². The number of halogens is 5. The standard InChI is InChI=1S/C25H26F5NO3/c1-13(16-8-14(12-26)9-17(10-16)25(28,29)30)34-22-7-6-19(20-11-21(32)24(33)31-20)23(22)15-2-4-18(27)5-3-15/h2-5,8-10,13,19-23,32H,6-7,11-12H2,1H3,(H,31,33)/t13-,19+,20+,21+,22+,23+/m1/s1. The maximum Gasteiger partial charge on any atom is 0.416 e. The molecule has 9 heteroatoms. The molecular formula is C25H26F5NO3. The number of carbonyl (C=O) groups is 1. The zero-order valence-corrected chi connectivity index (χ0v) is 18.5. The van der Waals surface area contributed by atoms with Crippen LogP contribution >= 0.6 is 0 Å². The lowest BCUT2D eigenvalue weighted by molar-refractivity contribution is -0.137. The van der Waals surface area contributed by atoms with Gasteiger partial charge < -0.3 is 15.2 Å². The fourth-order valence-corrected chi connectivity index (χ4v) is 5.24. The fraction of sp³-hybridized carbons (Fsp3) is 0.480. The summed E-state index contributed by atoms with van der Waals surface area (Å²) in [7, 11) is 0. The van der Waals surface area contributed by atoms with Crippen LogP contribution in [0.5, 0.6) is 0 Å². The first-order valence-electron chi connectivity index (χ1n) is 11.2. The molecule has 2 aliphatic rings. The Labute approximate surface area is 194 Å². The minimum absolute atomic E-state index is 0.0812. The second kappa shape index (κ2) is 9.62. The molecule has 1 heterocycles. The molecule has 1 saturated heterocycles. The molecule has 2 N–H and O–H groups in total. The van der Waals surface area contributed by atoms with Crippen LogP contribution in [0.3, 0.4) is 0 Å². The number of hydrogen-bond donors (Lipinski definition) is 2. The predicted molar refractivity (Wildman–Crippen MR) is 114 cm³/mol. The number of amides is 1. The number of nitrogens with one attached hydrogen (secondary N) is 1. The van der Waals surface area contributed by atoms with Crippen molar-refractivity contribution in [2.24, 2.45) is 5.92 Å². The second-order valence-corrected chi connectivity index (χ2v) is 9.10. The first kappa shape index (κ1) is 24.6. The van der Waals surface area contributed by atoms with Gasteiger partial charge in [-0.05, 0) is 66.6 Å². The van der Waals surface area contributed by atoms with Crippen LogP contribution in [0.15, 0.2) is 42.5 Å². The van der Waals surface area contributed by atoms with Gasteiger partial charge in [0.25, 0.3) is 0 Å². The summed E-state index contributed by atoms with van der Waals surface area (Å²) < 4.78 is 73.0. The van der Waals surface area contributed by atoms with Crippen molar-refractivity contribution in [1.82, 2.24) is 5.32 Å². The van der Waals surface area contributed by atoms with E-state index < -0.39 is 48.5 Å². The summed E-state index contributed by atoms with van der Waals surface area (Å²) in [5.41, 5.74) is -0.0175. The van der Waals surface area contributed by atoms with Crippen molar-refractivity contribution in [2.75, 3.05) is 0 Å². The molecule has 1 aliphatic heterocycles. The van der Waals surface area contributed by atoms with E-state index in [1.54, 1.807) is 19.1 Å². The normalized spacial score (nSPS) is 28.2. The molecule has 1 saturated carbocycles. The molecular weight excluding hydrogens is 457 g/mol. The highest BCUT2D eigenvalue weighted by molar-refractivity contribution is 5.83. The van der Waals surface area contributed by atoms with E-state index in [-0.39, 0.29) is 35.4 Å². The average Bonchev–Trinajstić information content (AvgIpc) is 3.36. The smallest absolute Gasteiger partial charge is 0.383 e. The predicted octanol–water partition coefficient (Wildman–Crippen LogP) is 5.20. The first-order valence-corrected chi connectivity index (χ1v) is 11.2. The summed E-state index contributed by atoms with van der Waals surface area (Å²) in [5.74, 6) is -1.23. The average molecular weight is 483 g/mol. The number of alkyl halides is 4. The summed E-state index contributed by atoms with van der Waals surface area (Å²) >= 11 is 0. The second-order valence-electron chi connectivity index (χ2n) is 9.10. The van der Waals surface area contributed by atoms with E-state index in [2.05, 4.69) is 5.32 Å². The van der Waals surface area contributed by atoms with E-state index in [1.807, 2.05) is 0 Å². The molecule has 0 spiro atoms. The summed E-state index contributed by atoms with van der Waals surface area (Å²) in [6.45, 7) is 0.588. The van der Waals surface area contributed by atoms with Crippen LogP contribution in [0.1, 0.15) is 60.5 Å². The van der Waals surface area contributed by atoms with Crippen LogP contribution in [0.2, 0.25) is 0 Å². The van der Waals surface area contributed by atoms with Gasteiger partial charge in [-0.1, -0.05) is 18.2 Å². The SMILES string of the molecule is C[C@@H](O[C@H]1CC[C@@H]([C@@H]2C[C@H](O)C(=O)N2)[C@@H]1c1ccc(F)cc1)c1cc(CF)cc(C(F)(F)F)c1. The minimum Gasteiger partial charge on any atom is -0.383 e. The molecule has 4 nitrogen and oxygen atoms in total. The maximum atomic E-state index is 13.6. The van der Waals surface area contributed by atoms with Gasteiger partial charge in [-0.2, -0.15) is 13.2 Å². The van der Waals surface area contributed by atoms with Crippen molar-refractivity contribution >= 4 is 5.91 Å². The van der Waals surface area contributed by atoms with Crippen LogP contribution in [-0.4, -0.2) is 29.3 Å². The highest BCUT2D eigenvalue weighted by Gasteiger charge is 2.46. The molecule has 6 atom stereocenters. The maximum absolute atomic E-state index is 13.6. The number of carbonyl (C=O) groups excluding carboxylic acids is 1. The molecule has 0 unspecified atom stereocenters. The van der Waals surface area contributed by atoms with Gasteiger partial charge in [-0.25, -0.2) is 8.78 Å². The Kier molecular flexibility index (Phi) is 6.96. The van der Waals surface area contributed by atoms with Crippen molar-refractivity contribution < 1.29 is 36.6 Å². The fourth-order valence-electron chi connectivity index (χ4n) is 5.24. The van der Waals surface area contributed by atoms with Gasteiger partial charge in [0.05, 0.1) is 17.8 Å². The van der Waals surface area contributed by atoms with Crippen molar-refractivity contribution in [3.63, 3.8) is 0 Å². The van der Waals surface area contributed by atoms with E-state index in [0.717, 1.165) is 17.7 Å². The molecule has 184 valence electrons. The third kappa shape index (κ3) is 5.10. The molecule has 0 aromatic heterocycles. The Bertz CT molecular complexity index is 1030. The van der Waals surface area contributed by atoms with Gasteiger partial charge in [-0.15, -0.1) is 0 Å². The van der Waals surface area contributed by atoms with E-state index in [9.17, 15) is 31.9 Å². The summed E-state index contributed by atoms with van der Waals surface area (Å²) in [6, 6.07) is 8.76. The number of aliphatic hydroxyl groups excluding tert-OH is 1. The zero-order chi connectivity index (χ0) is 24.6. The molecule has 34 heavy (non-hydrogen) atoms. The highest BCUT2D eigenvalue weighted by Crippen LogP contribution is 2.46. The number of benzene rings is 2. The van der Waals surface area contributed by atoms with Crippen molar-refractivity contribution in [3.8, 4) is 0 Å². The van der Waals surface area contributed by atoms with E-state index in [0.29, 0.717) is 12.8 Å². The van der Waals surface area contributed by atoms with E-state index >= 15 is 0 Å². The van der Waals surface area contributed by atoms with E-state index in [1.165, 1.54) is 18.2 Å². The largest absolute Gasteiger partial charge is 0.416 e. The topological polar surface area (TPSA) is 58.6 Å². The number of aliphatic hydroxyl groups is 1. The van der Waals surface area contributed by atoms with Gasteiger partial charge in [0, 0.05) is 18.4 Å². The third-order valence-electron chi connectivity index (χ3n) is 6.87. The quantitative estimate of drug-likeness (QED) is 0.555. The Hall–Kier alpha value is -2.52. The summed E-state index contributed by atoms with van der Waals surface area (Å²) in [4.78, 5) is 11.9. The third-order valence-corrected chi connectivity index (χ3v) is 6.87. The Morgan fingerprint density at radius 1 is 1.15 bits per heavy atom. The van der Waals surface area contributed by atoms with Crippen LogP contribution in [0.4, 0.5) is 22.0 Å². The lowest BCUT2D eigenvalue weighted by Crippen LogP contribution is -2.36. The Morgan fingerprint density at radius 2 is 1.85 bits per heavy atom. The highest BCUT2D eigenvalue weighted by atomic mass is 19.4. The van der Waals surface area contributed by atoms with Crippen molar-refractivity contribution in [3.05, 3.63) is 70.5 Å². The number of ether oxygens (including phenoxy) is 1. The molecule has 2 aromatic carbocycles. The molecule has 4 rings (SSSR count). The van der Waals surface area contributed by atoms with Gasteiger partial charge >= 0.3 is 6.18 Å². The summed E-state index contributed by atoms with van der Waals surface area (Å²) in [5, 5.41) is 12.7. The molecule has 1 amide bonds. The monoisotopic (exact) mass is 483 g/mol. The van der Waals surface area contributed by atoms with Gasteiger partial charge in [0.2, 0.25) is 5.91 Å². The van der Waals surface area contributed by atoms with Crippen LogP contribution in [0, 0.1) is 11.7 Å². The lowest BCUT2D eigenvalue weighted by atomic mass is 9.82. The molecule has 1 aliphatic carbocycles. The van der Waals surface area contributed by atoms with Gasteiger partial charge in [-0.3, -0.25) is 4.79 Å². The van der Waals surface area contributed by atoms with Gasteiger partial charge in [0.1, 0.15) is 18.6 Å².